The minimum atomic E-state index is -4.67. The Morgan fingerprint density at radius 1 is 1.04 bits per heavy atom. The van der Waals surface area contributed by atoms with E-state index in [9.17, 15) is 0 Å². The Balaban J connectivity index is 0.000000368. The molecule has 1 atom stereocenters. The van der Waals surface area contributed by atoms with Crippen molar-refractivity contribution in [1.82, 2.24) is 5.32 Å². The Bertz CT molecular complexity index is 644. The van der Waals surface area contributed by atoms with E-state index >= 15 is 0 Å². The summed E-state index contributed by atoms with van der Waals surface area (Å²) in [6.07, 6.45) is 7.80. The lowest BCUT2D eigenvalue weighted by atomic mass is 9.84. The quantitative estimate of drug-likeness (QED) is 0.604. The van der Waals surface area contributed by atoms with E-state index in [-0.39, 0.29) is 6.17 Å². The lowest BCUT2D eigenvalue weighted by Crippen LogP contribution is -2.32. The van der Waals surface area contributed by atoms with Gasteiger partial charge < -0.3 is 5.73 Å². The first kappa shape index (κ1) is 18.9. The SMILES string of the molecule is NC1=NC(c2ccc(C3CCCCC3)cc2)NCC1.O=S(=O)(O)O. The van der Waals surface area contributed by atoms with Crippen molar-refractivity contribution in [3.05, 3.63) is 35.4 Å². The number of hydrogen-bond acceptors (Lipinski definition) is 5. The van der Waals surface area contributed by atoms with Crippen molar-refractivity contribution in [2.75, 3.05) is 6.54 Å². The summed E-state index contributed by atoms with van der Waals surface area (Å²) in [5.74, 6) is 1.54. The molecule has 0 amide bonds. The molecular weight excluding hydrogens is 330 g/mol. The maximum atomic E-state index is 8.74. The molecule has 5 N–H and O–H groups in total. The van der Waals surface area contributed by atoms with Crippen molar-refractivity contribution in [1.29, 1.82) is 0 Å². The Kier molecular flexibility index (Phi) is 6.73. The summed E-state index contributed by atoms with van der Waals surface area (Å²) in [6, 6.07) is 8.99. The average molecular weight is 355 g/mol. The number of hydrogen-bond donors (Lipinski definition) is 4. The number of nitrogens with zero attached hydrogens (tertiary/aromatic N) is 1. The summed E-state index contributed by atoms with van der Waals surface area (Å²) in [5.41, 5.74) is 8.54. The molecule has 134 valence electrons. The van der Waals surface area contributed by atoms with Crippen molar-refractivity contribution in [3.63, 3.8) is 0 Å². The van der Waals surface area contributed by atoms with Gasteiger partial charge in [-0.05, 0) is 29.9 Å². The zero-order valence-corrected chi connectivity index (χ0v) is 14.4. The molecule has 1 aromatic carbocycles. The summed E-state index contributed by atoms with van der Waals surface area (Å²) in [5, 5.41) is 3.40. The molecule has 1 aliphatic heterocycles. The van der Waals surface area contributed by atoms with Crippen LogP contribution in [0.5, 0.6) is 0 Å². The molecule has 0 bridgehead atoms. The second kappa shape index (κ2) is 8.57. The van der Waals surface area contributed by atoms with Crippen LogP contribution in [-0.2, 0) is 10.4 Å². The van der Waals surface area contributed by atoms with Gasteiger partial charge in [-0.3, -0.25) is 14.4 Å². The Hall–Kier alpha value is -1.48. The first-order valence-corrected chi connectivity index (χ1v) is 9.58. The van der Waals surface area contributed by atoms with E-state index in [4.69, 9.17) is 23.3 Å². The summed E-state index contributed by atoms with van der Waals surface area (Å²) < 4.78 is 31.6. The molecule has 0 radical (unpaired) electrons. The Morgan fingerprint density at radius 3 is 2.12 bits per heavy atom. The molecule has 0 aromatic heterocycles. The highest BCUT2D eigenvalue weighted by Crippen LogP contribution is 2.33. The predicted octanol–water partition coefficient (Wildman–Crippen LogP) is 2.43. The highest BCUT2D eigenvalue weighted by molar-refractivity contribution is 7.79. The van der Waals surface area contributed by atoms with Gasteiger partial charge in [0.05, 0.1) is 5.84 Å². The van der Waals surface area contributed by atoms with E-state index in [1.54, 1.807) is 0 Å². The summed E-state index contributed by atoms with van der Waals surface area (Å²) >= 11 is 0. The smallest absolute Gasteiger partial charge is 0.387 e. The lowest BCUT2D eigenvalue weighted by Gasteiger charge is -2.24. The Labute approximate surface area is 142 Å². The summed E-state index contributed by atoms with van der Waals surface area (Å²) in [7, 11) is -4.67. The van der Waals surface area contributed by atoms with Gasteiger partial charge in [0.1, 0.15) is 6.17 Å². The predicted molar refractivity (Wildman–Crippen MR) is 93.4 cm³/mol. The molecular formula is C16H25N3O4S. The summed E-state index contributed by atoms with van der Waals surface area (Å²) in [6.45, 7) is 0.921. The van der Waals surface area contributed by atoms with Crippen LogP contribution in [0.15, 0.2) is 29.3 Å². The molecule has 1 aliphatic carbocycles. The molecule has 3 rings (SSSR count). The van der Waals surface area contributed by atoms with Gasteiger partial charge in [0.15, 0.2) is 0 Å². The van der Waals surface area contributed by atoms with E-state index in [0.717, 1.165) is 24.7 Å². The zero-order chi connectivity index (χ0) is 17.6. The van der Waals surface area contributed by atoms with Gasteiger partial charge in [-0.1, -0.05) is 43.5 Å². The molecule has 0 saturated heterocycles. The number of nitrogens with two attached hydrogens (primary N) is 1. The molecule has 1 unspecified atom stereocenters. The second-order valence-corrected chi connectivity index (χ2v) is 7.07. The van der Waals surface area contributed by atoms with Gasteiger partial charge in [-0.25, -0.2) is 4.99 Å². The van der Waals surface area contributed by atoms with E-state index in [2.05, 4.69) is 34.6 Å². The van der Waals surface area contributed by atoms with E-state index in [1.807, 2.05) is 0 Å². The van der Waals surface area contributed by atoms with Crippen molar-refractivity contribution in [2.45, 2.75) is 50.6 Å². The van der Waals surface area contributed by atoms with Crippen LogP contribution in [0.3, 0.4) is 0 Å². The average Bonchev–Trinajstić information content (AvgIpc) is 2.54. The third-order valence-corrected chi connectivity index (χ3v) is 4.34. The molecule has 0 spiro atoms. The van der Waals surface area contributed by atoms with E-state index in [0.29, 0.717) is 0 Å². The van der Waals surface area contributed by atoms with Crippen molar-refractivity contribution in [2.24, 2.45) is 10.7 Å². The zero-order valence-electron chi connectivity index (χ0n) is 13.6. The van der Waals surface area contributed by atoms with Gasteiger partial charge in [0.2, 0.25) is 0 Å². The molecule has 7 nitrogen and oxygen atoms in total. The lowest BCUT2D eigenvalue weighted by molar-refractivity contribution is 0.381. The van der Waals surface area contributed by atoms with Crippen LogP contribution >= 0.6 is 0 Å². The molecule has 2 aliphatic rings. The second-order valence-electron chi connectivity index (χ2n) is 6.18. The molecule has 1 aromatic rings. The van der Waals surface area contributed by atoms with Gasteiger partial charge in [0.25, 0.3) is 0 Å². The van der Waals surface area contributed by atoms with Crippen LogP contribution in [0.2, 0.25) is 0 Å². The first-order chi connectivity index (χ1) is 11.3. The number of amidine groups is 1. The number of benzene rings is 1. The molecule has 24 heavy (non-hydrogen) atoms. The molecule has 1 fully saturated rings. The van der Waals surface area contributed by atoms with Gasteiger partial charge in [0, 0.05) is 13.0 Å². The van der Waals surface area contributed by atoms with Gasteiger partial charge in [-0.15, -0.1) is 0 Å². The largest absolute Gasteiger partial charge is 0.394 e. The minimum absolute atomic E-state index is 0.0501. The monoisotopic (exact) mass is 355 g/mol. The first-order valence-electron chi connectivity index (χ1n) is 8.18. The van der Waals surface area contributed by atoms with Crippen LogP contribution in [0.4, 0.5) is 0 Å². The van der Waals surface area contributed by atoms with Crippen LogP contribution < -0.4 is 11.1 Å². The van der Waals surface area contributed by atoms with Crippen molar-refractivity contribution in [3.8, 4) is 0 Å². The number of aliphatic imine (C=N–C) groups is 1. The van der Waals surface area contributed by atoms with Crippen molar-refractivity contribution < 1.29 is 17.5 Å². The maximum absolute atomic E-state index is 8.74. The van der Waals surface area contributed by atoms with Crippen LogP contribution in [-0.4, -0.2) is 29.9 Å². The summed E-state index contributed by atoms with van der Waals surface area (Å²) in [4.78, 5) is 4.48. The third-order valence-electron chi connectivity index (χ3n) is 4.34. The maximum Gasteiger partial charge on any atom is 0.394 e. The molecule has 8 heteroatoms. The minimum Gasteiger partial charge on any atom is -0.387 e. The normalized spacial score (nSPS) is 22.2. The highest BCUT2D eigenvalue weighted by Gasteiger charge is 2.17. The fourth-order valence-electron chi connectivity index (χ4n) is 3.19. The Morgan fingerprint density at radius 2 is 1.58 bits per heavy atom. The number of rotatable bonds is 2. The van der Waals surface area contributed by atoms with Crippen LogP contribution in [0.25, 0.3) is 0 Å². The molecule has 1 heterocycles. The fourth-order valence-corrected chi connectivity index (χ4v) is 3.19. The third kappa shape index (κ3) is 6.56. The molecule has 1 saturated carbocycles. The van der Waals surface area contributed by atoms with Crippen LogP contribution in [0, 0.1) is 0 Å². The van der Waals surface area contributed by atoms with Crippen LogP contribution in [0.1, 0.15) is 61.7 Å². The highest BCUT2D eigenvalue weighted by atomic mass is 32.3. The van der Waals surface area contributed by atoms with Crippen molar-refractivity contribution >= 4 is 16.2 Å². The van der Waals surface area contributed by atoms with E-state index in [1.165, 1.54) is 43.2 Å². The topological polar surface area (TPSA) is 125 Å². The van der Waals surface area contributed by atoms with Gasteiger partial charge >= 0.3 is 10.4 Å². The van der Waals surface area contributed by atoms with Gasteiger partial charge in [-0.2, -0.15) is 8.42 Å². The number of nitrogens with one attached hydrogen (secondary N) is 1. The fraction of sp³-hybridized carbons (Fsp3) is 0.562. The standard InChI is InChI=1S/C16H23N3.H2O4S/c17-15-10-11-18-16(19-15)14-8-6-13(7-9-14)12-4-2-1-3-5-12;1-5(2,3)4/h6-9,12,16,18H,1-5,10-11H2,(H2,17,19);(H2,1,2,3,4). The van der Waals surface area contributed by atoms with E-state index < -0.39 is 10.4 Å².